The van der Waals surface area contributed by atoms with E-state index in [1.54, 1.807) is 41.3 Å². The zero-order valence-corrected chi connectivity index (χ0v) is 13.9. The van der Waals surface area contributed by atoms with Crippen molar-refractivity contribution in [2.24, 2.45) is 0 Å². The zero-order valence-electron chi connectivity index (χ0n) is 13.2. The molecular formula is C18H17ClN4O. The van der Waals surface area contributed by atoms with Gasteiger partial charge >= 0.3 is 6.03 Å². The molecule has 5 nitrogen and oxygen atoms in total. The van der Waals surface area contributed by atoms with E-state index in [0.717, 1.165) is 5.56 Å². The second-order valence-corrected chi connectivity index (χ2v) is 5.94. The maximum absolute atomic E-state index is 12.0. The van der Waals surface area contributed by atoms with E-state index in [9.17, 15) is 4.79 Å². The summed E-state index contributed by atoms with van der Waals surface area (Å²) in [6.07, 6.45) is 3.41. The lowest BCUT2D eigenvalue weighted by Crippen LogP contribution is -2.19. The van der Waals surface area contributed by atoms with Crippen LogP contribution in [0.5, 0.6) is 0 Å². The molecule has 0 spiro atoms. The summed E-state index contributed by atoms with van der Waals surface area (Å²) in [5, 5.41) is 10.3. The lowest BCUT2D eigenvalue weighted by atomic mass is 10.1. The van der Waals surface area contributed by atoms with Crippen LogP contribution in [0.3, 0.4) is 0 Å². The third-order valence-corrected chi connectivity index (χ3v) is 3.67. The van der Waals surface area contributed by atoms with Crippen LogP contribution < -0.4 is 10.6 Å². The summed E-state index contributed by atoms with van der Waals surface area (Å²) in [5.41, 5.74) is 3.63. The number of anilines is 2. The Labute approximate surface area is 145 Å². The highest BCUT2D eigenvalue weighted by Crippen LogP contribution is 2.15. The molecule has 0 saturated heterocycles. The highest BCUT2D eigenvalue weighted by atomic mass is 35.5. The first kappa shape index (κ1) is 16.1. The number of benzene rings is 2. The molecule has 24 heavy (non-hydrogen) atoms. The molecule has 0 aliphatic heterocycles. The van der Waals surface area contributed by atoms with Gasteiger partial charge in [-0.2, -0.15) is 5.10 Å². The fraction of sp³-hybridized carbons (Fsp3) is 0.111. The van der Waals surface area contributed by atoms with Gasteiger partial charge in [0, 0.05) is 16.9 Å². The topological polar surface area (TPSA) is 59.0 Å². The molecule has 122 valence electrons. The lowest BCUT2D eigenvalue weighted by molar-refractivity contribution is 0.262. The number of aryl methyl sites for hydroxylation is 1. The molecule has 6 heteroatoms. The van der Waals surface area contributed by atoms with Crippen molar-refractivity contribution < 1.29 is 4.79 Å². The van der Waals surface area contributed by atoms with Crippen LogP contribution in [0.25, 0.3) is 0 Å². The van der Waals surface area contributed by atoms with E-state index >= 15 is 0 Å². The van der Waals surface area contributed by atoms with Gasteiger partial charge in [-0.25, -0.2) is 4.79 Å². The Kier molecular flexibility index (Phi) is 4.82. The van der Waals surface area contributed by atoms with Crippen molar-refractivity contribution in [1.29, 1.82) is 0 Å². The minimum Gasteiger partial charge on any atom is -0.308 e. The second-order valence-electron chi connectivity index (χ2n) is 5.50. The molecule has 1 aromatic heterocycles. The van der Waals surface area contributed by atoms with E-state index in [4.69, 9.17) is 11.6 Å². The molecule has 3 rings (SSSR count). The summed E-state index contributed by atoms with van der Waals surface area (Å²) >= 11 is 5.89. The summed E-state index contributed by atoms with van der Waals surface area (Å²) in [7, 11) is 0. The summed E-state index contributed by atoms with van der Waals surface area (Å²) < 4.78 is 1.78. The van der Waals surface area contributed by atoms with Crippen LogP contribution in [0.15, 0.2) is 60.9 Å². The Balaban J connectivity index is 1.59. The lowest BCUT2D eigenvalue weighted by Gasteiger charge is -2.06. The van der Waals surface area contributed by atoms with E-state index in [1.165, 1.54) is 5.56 Å². The predicted octanol–water partition coefficient (Wildman–Crippen LogP) is 4.54. The van der Waals surface area contributed by atoms with Crippen LogP contribution in [-0.4, -0.2) is 15.8 Å². The van der Waals surface area contributed by atoms with Gasteiger partial charge in [0.1, 0.15) is 0 Å². The number of hydrogen-bond acceptors (Lipinski definition) is 2. The number of hydrogen-bond donors (Lipinski definition) is 2. The van der Waals surface area contributed by atoms with E-state index in [1.807, 2.05) is 0 Å². The first-order valence-electron chi connectivity index (χ1n) is 7.50. The summed E-state index contributed by atoms with van der Waals surface area (Å²) in [6, 6.07) is 14.9. The molecule has 0 atom stereocenters. The Bertz CT molecular complexity index is 842. The molecule has 0 fully saturated rings. The summed E-state index contributed by atoms with van der Waals surface area (Å²) in [4.78, 5) is 12.0. The fourth-order valence-electron chi connectivity index (χ4n) is 2.25. The molecule has 2 amide bonds. The van der Waals surface area contributed by atoms with Crippen molar-refractivity contribution in [2.75, 3.05) is 10.6 Å². The predicted molar refractivity (Wildman–Crippen MR) is 96.6 cm³/mol. The monoisotopic (exact) mass is 340 g/mol. The van der Waals surface area contributed by atoms with Crippen LogP contribution in [0.2, 0.25) is 5.02 Å². The smallest absolute Gasteiger partial charge is 0.308 e. The molecule has 0 aliphatic rings. The van der Waals surface area contributed by atoms with Gasteiger partial charge in [0.25, 0.3) is 0 Å². The number of rotatable bonds is 4. The fourth-order valence-corrected chi connectivity index (χ4v) is 2.45. The quantitative estimate of drug-likeness (QED) is 0.732. The van der Waals surface area contributed by atoms with Gasteiger partial charge in [-0.05, 0) is 30.7 Å². The van der Waals surface area contributed by atoms with Crippen LogP contribution in [0, 0.1) is 6.92 Å². The largest absolute Gasteiger partial charge is 0.323 e. The van der Waals surface area contributed by atoms with Gasteiger partial charge < -0.3 is 10.6 Å². The molecule has 0 aliphatic carbocycles. The van der Waals surface area contributed by atoms with Gasteiger partial charge in [-0.3, -0.25) is 4.68 Å². The molecular weight excluding hydrogens is 324 g/mol. The van der Waals surface area contributed by atoms with Crippen molar-refractivity contribution in [3.63, 3.8) is 0 Å². The third-order valence-electron chi connectivity index (χ3n) is 3.44. The molecule has 2 aromatic carbocycles. The van der Waals surface area contributed by atoms with Crippen LogP contribution in [-0.2, 0) is 6.54 Å². The van der Waals surface area contributed by atoms with Crippen LogP contribution in [0.4, 0.5) is 16.2 Å². The standard InChI is InChI=1S/C18H17ClN4O/c1-13-5-7-14(8-6-13)11-23-12-17(10-20-23)22-18(24)21-16-4-2-3-15(19)9-16/h2-10,12H,11H2,1H3,(H2,21,22,24). The highest BCUT2D eigenvalue weighted by Gasteiger charge is 2.05. The summed E-state index contributed by atoms with van der Waals surface area (Å²) in [6.45, 7) is 2.70. The Hall–Kier alpha value is -2.79. The number of carbonyl (C=O) groups is 1. The van der Waals surface area contributed by atoms with Gasteiger partial charge in [0.2, 0.25) is 0 Å². The van der Waals surface area contributed by atoms with Crippen molar-refractivity contribution >= 4 is 29.0 Å². The molecule has 2 N–H and O–H groups in total. The highest BCUT2D eigenvalue weighted by molar-refractivity contribution is 6.30. The first-order chi connectivity index (χ1) is 11.6. The number of aromatic nitrogens is 2. The Morgan fingerprint density at radius 3 is 2.62 bits per heavy atom. The second kappa shape index (κ2) is 7.19. The van der Waals surface area contributed by atoms with Crippen molar-refractivity contribution in [3.8, 4) is 0 Å². The maximum Gasteiger partial charge on any atom is 0.323 e. The van der Waals surface area contributed by atoms with Gasteiger partial charge in [0.05, 0.1) is 18.4 Å². The zero-order chi connectivity index (χ0) is 16.9. The number of nitrogens with one attached hydrogen (secondary N) is 2. The number of amides is 2. The minimum absolute atomic E-state index is 0.341. The van der Waals surface area contributed by atoms with E-state index in [0.29, 0.717) is 22.9 Å². The van der Waals surface area contributed by atoms with E-state index in [2.05, 4.69) is 46.9 Å². The minimum atomic E-state index is -0.341. The molecule has 0 radical (unpaired) electrons. The van der Waals surface area contributed by atoms with Crippen molar-refractivity contribution in [3.05, 3.63) is 77.1 Å². The maximum atomic E-state index is 12.0. The normalized spacial score (nSPS) is 10.4. The number of halogens is 1. The van der Waals surface area contributed by atoms with Crippen molar-refractivity contribution in [2.45, 2.75) is 13.5 Å². The number of nitrogens with zero attached hydrogens (tertiary/aromatic N) is 2. The third kappa shape index (κ3) is 4.36. The molecule has 0 unspecified atom stereocenters. The summed E-state index contributed by atoms with van der Waals surface area (Å²) in [5.74, 6) is 0. The molecule has 0 bridgehead atoms. The van der Waals surface area contributed by atoms with Gasteiger partial charge in [-0.1, -0.05) is 47.5 Å². The van der Waals surface area contributed by atoms with Gasteiger partial charge in [0.15, 0.2) is 0 Å². The SMILES string of the molecule is Cc1ccc(Cn2cc(NC(=O)Nc3cccc(Cl)c3)cn2)cc1. The molecule has 3 aromatic rings. The molecule has 0 saturated carbocycles. The van der Waals surface area contributed by atoms with Crippen LogP contribution >= 0.6 is 11.6 Å². The van der Waals surface area contributed by atoms with E-state index < -0.39 is 0 Å². The first-order valence-corrected chi connectivity index (χ1v) is 7.88. The average molecular weight is 341 g/mol. The Morgan fingerprint density at radius 2 is 1.88 bits per heavy atom. The number of urea groups is 1. The molecule has 1 heterocycles. The number of carbonyl (C=O) groups excluding carboxylic acids is 1. The Morgan fingerprint density at radius 1 is 1.12 bits per heavy atom. The van der Waals surface area contributed by atoms with Crippen molar-refractivity contribution in [1.82, 2.24) is 9.78 Å². The van der Waals surface area contributed by atoms with E-state index in [-0.39, 0.29) is 6.03 Å². The van der Waals surface area contributed by atoms with Crippen LogP contribution in [0.1, 0.15) is 11.1 Å². The van der Waals surface area contributed by atoms with Gasteiger partial charge in [-0.15, -0.1) is 0 Å². The average Bonchev–Trinajstić information content (AvgIpc) is 2.96.